The number of methoxy groups -OCH3 is 1. The molecule has 0 aromatic heterocycles. The first-order chi connectivity index (χ1) is 16.6. The number of rotatable bonds is 11. The van der Waals surface area contributed by atoms with Crippen LogP contribution in [0.15, 0.2) is 53.4 Å². The summed E-state index contributed by atoms with van der Waals surface area (Å²) in [5.74, 6) is -0.770. The summed E-state index contributed by atoms with van der Waals surface area (Å²) in [6, 6.07) is 13.1. The van der Waals surface area contributed by atoms with Crippen LogP contribution in [-0.2, 0) is 30.6 Å². The van der Waals surface area contributed by atoms with Crippen LogP contribution in [0.3, 0.4) is 0 Å². The van der Waals surface area contributed by atoms with Crippen LogP contribution in [0.25, 0.3) is 0 Å². The summed E-state index contributed by atoms with van der Waals surface area (Å²) < 4.78 is 34.3. The summed E-state index contributed by atoms with van der Waals surface area (Å²) >= 11 is 0. The maximum Gasteiger partial charge on any atom is 0.341 e. The maximum absolute atomic E-state index is 13.3. The van der Waals surface area contributed by atoms with Crippen molar-refractivity contribution >= 4 is 21.7 Å². The van der Waals surface area contributed by atoms with Gasteiger partial charge in [-0.05, 0) is 41.8 Å². The number of ether oxygens (including phenoxy) is 2. The van der Waals surface area contributed by atoms with E-state index in [-0.39, 0.29) is 29.4 Å². The first-order valence-corrected chi connectivity index (χ1v) is 13.2. The summed E-state index contributed by atoms with van der Waals surface area (Å²) in [7, 11) is 0.129. The summed E-state index contributed by atoms with van der Waals surface area (Å²) in [5, 5.41) is 8.92. The number of aliphatic carboxylic acids is 1. The molecule has 9 nitrogen and oxygen atoms in total. The average molecular weight is 505 g/mol. The highest BCUT2D eigenvalue weighted by atomic mass is 32.2. The molecule has 1 heterocycles. The van der Waals surface area contributed by atoms with E-state index in [4.69, 9.17) is 14.6 Å². The second-order valence-electron chi connectivity index (χ2n) is 8.77. The molecule has 1 N–H and O–H groups in total. The Morgan fingerprint density at radius 3 is 2.51 bits per heavy atom. The van der Waals surface area contributed by atoms with E-state index in [1.807, 2.05) is 6.07 Å². The highest BCUT2D eigenvalue weighted by Gasteiger charge is 2.29. The van der Waals surface area contributed by atoms with Gasteiger partial charge in [0.2, 0.25) is 5.91 Å². The number of carboxylic acids is 1. The third-order valence-electron chi connectivity index (χ3n) is 6.17. The molecule has 0 aliphatic carbocycles. The number of sulfone groups is 1. The number of hydrogen-bond acceptors (Lipinski definition) is 7. The first kappa shape index (κ1) is 26.7. The molecule has 1 fully saturated rings. The zero-order valence-corrected chi connectivity index (χ0v) is 21.0. The molecule has 0 spiro atoms. The van der Waals surface area contributed by atoms with Crippen molar-refractivity contribution in [1.82, 2.24) is 9.80 Å². The van der Waals surface area contributed by atoms with Crippen molar-refractivity contribution in [3.8, 4) is 5.75 Å². The van der Waals surface area contributed by atoms with Gasteiger partial charge in [0.1, 0.15) is 5.75 Å². The van der Waals surface area contributed by atoms with Crippen LogP contribution in [0.4, 0.5) is 0 Å². The number of nitrogens with zero attached hydrogens (tertiary/aromatic N) is 2. The molecular formula is C25H32N2O7S. The lowest BCUT2D eigenvalue weighted by molar-refractivity contribution is -0.139. The molecule has 3 rings (SSSR count). The van der Waals surface area contributed by atoms with Crippen molar-refractivity contribution in [2.24, 2.45) is 0 Å². The molecule has 190 valence electrons. The number of hydrogen-bond donors (Lipinski definition) is 1. The van der Waals surface area contributed by atoms with Crippen LogP contribution in [0.1, 0.15) is 23.6 Å². The molecule has 0 saturated carbocycles. The van der Waals surface area contributed by atoms with Gasteiger partial charge in [0.15, 0.2) is 16.4 Å². The zero-order chi connectivity index (χ0) is 25.6. The van der Waals surface area contributed by atoms with Crippen LogP contribution >= 0.6 is 0 Å². The van der Waals surface area contributed by atoms with Crippen molar-refractivity contribution < 1.29 is 32.6 Å². The van der Waals surface area contributed by atoms with E-state index in [9.17, 15) is 18.0 Å². The molecule has 2 aromatic carbocycles. The molecule has 0 bridgehead atoms. The zero-order valence-electron chi connectivity index (χ0n) is 20.2. The van der Waals surface area contributed by atoms with Gasteiger partial charge in [-0.25, -0.2) is 13.2 Å². The molecule has 1 aliphatic rings. The average Bonchev–Trinajstić information content (AvgIpc) is 3.28. The standard InChI is InChI=1S/C25H32N2O7S/c1-26(24(28)13-18-7-9-22(10-8-18)35(3,31)32)23(16-27-12-11-21(15-27)33-2)19-5-4-6-20(14-19)34-17-25(29)30/h4-10,14,21,23H,11-13,15-17H2,1-3H3,(H,29,30)/t21-,23-/m1/s1. The van der Waals surface area contributed by atoms with E-state index in [0.717, 1.165) is 31.3 Å². The van der Waals surface area contributed by atoms with Gasteiger partial charge in [0, 0.05) is 40.0 Å². The Labute approximate surface area is 206 Å². The van der Waals surface area contributed by atoms with Crippen molar-refractivity contribution in [1.29, 1.82) is 0 Å². The van der Waals surface area contributed by atoms with Crippen molar-refractivity contribution in [2.75, 3.05) is 46.7 Å². The molecule has 35 heavy (non-hydrogen) atoms. The number of benzene rings is 2. The van der Waals surface area contributed by atoms with Gasteiger partial charge in [-0.15, -0.1) is 0 Å². The largest absolute Gasteiger partial charge is 0.482 e. The topological polar surface area (TPSA) is 113 Å². The molecule has 2 atom stereocenters. The van der Waals surface area contributed by atoms with Crippen LogP contribution in [0.2, 0.25) is 0 Å². The number of carboxylic acid groups (broad SMARTS) is 1. The minimum Gasteiger partial charge on any atom is -0.482 e. The van der Waals surface area contributed by atoms with Crippen LogP contribution in [0.5, 0.6) is 5.75 Å². The quantitative estimate of drug-likeness (QED) is 0.495. The second-order valence-corrected chi connectivity index (χ2v) is 10.8. The molecule has 1 amide bonds. The van der Waals surface area contributed by atoms with Gasteiger partial charge in [-0.2, -0.15) is 0 Å². The fourth-order valence-corrected chi connectivity index (χ4v) is 4.77. The highest BCUT2D eigenvalue weighted by molar-refractivity contribution is 7.90. The fraction of sp³-hybridized carbons (Fsp3) is 0.440. The summed E-state index contributed by atoms with van der Waals surface area (Å²) in [6.45, 7) is 1.74. The Kier molecular flexibility index (Phi) is 8.87. The highest BCUT2D eigenvalue weighted by Crippen LogP contribution is 2.27. The number of amides is 1. The molecule has 10 heteroatoms. The second kappa shape index (κ2) is 11.7. The van der Waals surface area contributed by atoms with Crippen LogP contribution in [0, 0.1) is 0 Å². The SMILES string of the molecule is CO[C@@H]1CCN(C[C@H](c2cccc(OCC(=O)O)c2)N(C)C(=O)Cc2ccc(S(C)(=O)=O)cc2)C1. The Morgan fingerprint density at radius 2 is 1.91 bits per heavy atom. The number of carbonyl (C=O) groups excluding carboxylic acids is 1. The predicted octanol–water partition coefficient (Wildman–Crippen LogP) is 2.02. The predicted molar refractivity (Wildman–Crippen MR) is 130 cm³/mol. The van der Waals surface area contributed by atoms with Gasteiger partial charge in [-0.1, -0.05) is 24.3 Å². The lowest BCUT2D eigenvalue weighted by atomic mass is 10.0. The summed E-state index contributed by atoms with van der Waals surface area (Å²) in [4.78, 5) is 28.3. The number of likely N-dealkylation sites (N-methyl/N-ethyl adjacent to an activating group) is 1. The van der Waals surface area contributed by atoms with Gasteiger partial charge in [0.05, 0.1) is 23.5 Å². The Balaban J connectivity index is 1.80. The molecular weight excluding hydrogens is 472 g/mol. The molecule has 0 unspecified atom stereocenters. The minimum atomic E-state index is -3.31. The lowest BCUT2D eigenvalue weighted by Crippen LogP contribution is -2.39. The normalized spacial score (nSPS) is 17.2. The third kappa shape index (κ3) is 7.51. The molecule has 1 aliphatic heterocycles. The molecule has 2 aromatic rings. The minimum absolute atomic E-state index is 0.118. The van der Waals surface area contributed by atoms with Gasteiger partial charge < -0.3 is 19.5 Å². The lowest BCUT2D eigenvalue weighted by Gasteiger charge is -2.32. The van der Waals surface area contributed by atoms with Crippen molar-refractivity contribution in [3.05, 3.63) is 59.7 Å². The van der Waals surface area contributed by atoms with Crippen LogP contribution in [-0.4, -0.2) is 88.0 Å². The van der Waals surface area contributed by atoms with Crippen molar-refractivity contribution in [2.45, 2.75) is 29.9 Å². The van der Waals surface area contributed by atoms with Gasteiger partial charge in [-0.3, -0.25) is 9.69 Å². The van der Waals surface area contributed by atoms with E-state index in [2.05, 4.69) is 4.90 Å². The van der Waals surface area contributed by atoms with Gasteiger partial charge >= 0.3 is 5.97 Å². The van der Waals surface area contributed by atoms with E-state index < -0.39 is 22.4 Å². The van der Waals surface area contributed by atoms with E-state index >= 15 is 0 Å². The van der Waals surface area contributed by atoms with E-state index in [0.29, 0.717) is 17.9 Å². The summed E-state index contributed by atoms with van der Waals surface area (Å²) in [6.07, 6.45) is 2.32. The van der Waals surface area contributed by atoms with Crippen molar-refractivity contribution in [3.63, 3.8) is 0 Å². The van der Waals surface area contributed by atoms with Gasteiger partial charge in [0.25, 0.3) is 0 Å². The fourth-order valence-electron chi connectivity index (χ4n) is 4.14. The van der Waals surface area contributed by atoms with E-state index in [1.54, 1.807) is 49.4 Å². The number of likely N-dealkylation sites (tertiary alicyclic amines) is 1. The molecule has 1 saturated heterocycles. The Hall–Kier alpha value is -2.95. The maximum atomic E-state index is 13.3. The third-order valence-corrected chi connectivity index (χ3v) is 7.30. The number of carbonyl (C=O) groups is 2. The van der Waals surface area contributed by atoms with Crippen LogP contribution < -0.4 is 4.74 Å². The summed E-state index contributed by atoms with van der Waals surface area (Å²) in [5.41, 5.74) is 1.55. The first-order valence-electron chi connectivity index (χ1n) is 11.3. The Bertz CT molecular complexity index is 1130. The van der Waals surface area contributed by atoms with E-state index in [1.165, 1.54) is 12.1 Å². The smallest absolute Gasteiger partial charge is 0.341 e. The molecule has 0 radical (unpaired) electrons. The monoisotopic (exact) mass is 504 g/mol. The Morgan fingerprint density at radius 1 is 1.20 bits per heavy atom.